The van der Waals surface area contributed by atoms with Crippen LogP contribution in [0.1, 0.15) is 34.1 Å². The first-order valence-electron chi connectivity index (χ1n) is 9.19. The molecule has 7 heteroatoms. The van der Waals surface area contributed by atoms with E-state index in [-0.39, 0.29) is 24.7 Å². The molecule has 0 spiro atoms. The van der Waals surface area contributed by atoms with Gasteiger partial charge in [-0.15, -0.1) is 0 Å². The smallest absolute Gasteiger partial charge is 0.337 e. The van der Waals surface area contributed by atoms with Crippen molar-refractivity contribution in [3.05, 3.63) is 65.7 Å². The first-order chi connectivity index (χ1) is 13.9. The molecule has 2 aromatic carbocycles. The third-order valence-electron chi connectivity index (χ3n) is 4.78. The highest BCUT2D eigenvalue weighted by Gasteiger charge is 2.37. The summed E-state index contributed by atoms with van der Waals surface area (Å²) in [4.78, 5) is 50.2. The van der Waals surface area contributed by atoms with E-state index < -0.39 is 24.0 Å². The van der Waals surface area contributed by atoms with Gasteiger partial charge in [-0.2, -0.15) is 0 Å². The lowest BCUT2D eigenvalue weighted by atomic mass is 10.1. The maximum atomic E-state index is 12.5. The van der Waals surface area contributed by atoms with Gasteiger partial charge in [0.15, 0.2) is 6.10 Å². The molecule has 1 fully saturated rings. The summed E-state index contributed by atoms with van der Waals surface area (Å²) in [5.74, 6) is -2.22. The summed E-state index contributed by atoms with van der Waals surface area (Å²) in [5.41, 5.74) is 1.40. The van der Waals surface area contributed by atoms with Gasteiger partial charge < -0.3 is 14.4 Å². The largest absolute Gasteiger partial charge is 0.465 e. The molecule has 0 aromatic heterocycles. The first kappa shape index (κ1) is 20.3. The number of hydrogen-bond donors (Lipinski definition) is 0. The minimum atomic E-state index is -0.937. The van der Waals surface area contributed by atoms with Crippen molar-refractivity contribution in [1.29, 1.82) is 0 Å². The van der Waals surface area contributed by atoms with Crippen LogP contribution in [0.4, 0.5) is 5.69 Å². The van der Waals surface area contributed by atoms with Gasteiger partial charge in [0, 0.05) is 24.2 Å². The van der Waals surface area contributed by atoms with Crippen LogP contribution in [0.15, 0.2) is 54.6 Å². The van der Waals surface area contributed by atoms with Crippen molar-refractivity contribution in [2.75, 3.05) is 18.6 Å². The molecule has 1 aliphatic rings. The average molecular weight is 395 g/mol. The lowest BCUT2D eigenvalue weighted by molar-refractivity contribution is -0.151. The molecule has 0 radical (unpaired) electrons. The van der Waals surface area contributed by atoms with E-state index in [0.29, 0.717) is 16.8 Å². The summed E-state index contributed by atoms with van der Waals surface area (Å²) in [6.07, 6.45) is -0.933. The average Bonchev–Trinajstić information content (AvgIpc) is 3.15. The summed E-state index contributed by atoms with van der Waals surface area (Å²) in [5, 5.41) is 0. The molecule has 1 aliphatic heterocycles. The summed E-state index contributed by atoms with van der Waals surface area (Å²) >= 11 is 0. The van der Waals surface area contributed by atoms with Crippen LogP contribution in [0.3, 0.4) is 0 Å². The Morgan fingerprint density at radius 2 is 1.66 bits per heavy atom. The fourth-order valence-electron chi connectivity index (χ4n) is 3.17. The molecule has 150 valence electrons. The summed E-state index contributed by atoms with van der Waals surface area (Å²) in [6, 6.07) is 14.9. The quantitative estimate of drug-likeness (QED) is 0.552. The number of methoxy groups -OCH3 is 1. The molecule has 1 saturated heterocycles. The monoisotopic (exact) mass is 395 g/mol. The molecule has 2 aromatic rings. The van der Waals surface area contributed by atoms with Crippen molar-refractivity contribution in [3.8, 4) is 0 Å². The van der Waals surface area contributed by atoms with Crippen molar-refractivity contribution in [2.24, 2.45) is 5.92 Å². The second kappa shape index (κ2) is 8.68. The van der Waals surface area contributed by atoms with Gasteiger partial charge >= 0.3 is 11.9 Å². The van der Waals surface area contributed by atoms with E-state index in [1.807, 2.05) is 0 Å². The Morgan fingerprint density at radius 3 is 2.28 bits per heavy atom. The Balaban J connectivity index is 1.62. The van der Waals surface area contributed by atoms with E-state index in [1.54, 1.807) is 54.6 Å². The van der Waals surface area contributed by atoms with E-state index in [0.717, 1.165) is 0 Å². The molecule has 0 unspecified atom stereocenters. The van der Waals surface area contributed by atoms with Gasteiger partial charge in [-0.3, -0.25) is 14.4 Å². The van der Waals surface area contributed by atoms with Crippen LogP contribution >= 0.6 is 0 Å². The molecule has 3 rings (SSSR count). The number of Topliss-reactive ketones (excluding diaryl/α,β-unsaturated/α-hetero) is 1. The van der Waals surface area contributed by atoms with Crippen LogP contribution in [0.2, 0.25) is 0 Å². The number of nitrogens with zero attached hydrogens (tertiary/aromatic N) is 1. The lowest BCUT2D eigenvalue weighted by Gasteiger charge is -2.18. The minimum absolute atomic E-state index is 0.00380. The first-order valence-corrected chi connectivity index (χ1v) is 9.19. The van der Waals surface area contributed by atoms with Crippen molar-refractivity contribution in [1.82, 2.24) is 0 Å². The molecule has 1 heterocycles. The second-order valence-electron chi connectivity index (χ2n) is 6.75. The molecule has 1 amide bonds. The molecule has 0 bridgehead atoms. The zero-order valence-electron chi connectivity index (χ0n) is 16.2. The van der Waals surface area contributed by atoms with E-state index in [1.165, 1.54) is 18.9 Å². The summed E-state index contributed by atoms with van der Waals surface area (Å²) in [6.45, 7) is 1.68. The molecular weight excluding hydrogens is 374 g/mol. The zero-order valence-corrected chi connectivity index (χ0v) is 16.2. The molecule has 29 heavy (non-hydrogen) atoms. The van der Waals surface area contributed by atoms with Gasteiger partial charge in [-0.05, 0) is 31.2 Å². The molecule has 7 nitrogen and oxygen atoms in total. The molecule has 0 N–H and O–H groups in total. The van der Waals surface area contributed by atoms with Crippen molar-refractivity contribution in [2.45, 2.75) is 19.4 Å². The van der Waals surface area contributed by atoms with Crippen molar-refractivity contribution >= 4 is 29.3 Å². The number of benzene rings is 2. The second-order valence-corrected chi connectivity index (χ2v) is 6.75. The Bertz CT molecular complexity index is 922. The molecule has 2 atom stereocenters. The number of amides is 1. The Kier molecular flexibility index (Phi) is 6.07. The lowest BCUT2D eigenvalue weighted by Crippen LogP contribution is -2.30. The highest BCUT2D eigenvalue weighted by atomic mass is 16.5. The highest BCUT2D eigenvalue weighted by Crippen LogP contribution is 2.26. The van der Waals surface area contributed by atoms with Gasteiger partial charge in [0.25, 0.3) is 0 Å². The minimum Gasteiger partial charge on any atom is -0.465 e. The van der Waals surface area contributed by atoms with Gasteiger partial charge in [0.05, 0.1) is 18.6 Å². The number of rotatable bonds is 6. The van der Waals surface area contributed by atoms with Gasteiger partial charge in [0.1, 0.15) is 0 Å². The SMILES string of the molecule is COC(=O)c1ccc(N2C[C@H](C(=O)O[C@H](C)C(=O)c3ccccc3)CC2=O)cc1. The number of esters is 2. The number of ether oxygens (including phenoxy) is 2. The van der Waals surface area contributed by atoms with Crippen molar-refractivity contribution < 1.29 is 28.7 Å². The van der Waals surface area contributed by atoms with Crippen LogP contribution in [0.5, 0.6) is 0 Å². The van der Waals surface area contributed by atoms with Crippen molar-refractivity contribution in [3.63, 3.8) is 0 Å². The number of carbonyl (C=O) groups is 4. The standard InChI is InChI=1S/C22H21NO6/c1-14(20(25)15-6-4-3-5-7-15)29-22(27)17-12-19(24)23(13-17)18-10-8-16(9-11-18)21(26)28-2/h3-11,14,17H,12-13H2,1-2H3/t14-,17-/m1/s1. The number of anilines is 1. The van der Waals surface area contributed by atoms with Crippen LogP contribution in [0, 0.1) is 5.92 Å². The van der Waals surface area contributed by atoms with Crippen LogP contribution in [0.25, 0.3) is 0 Å². The van der Waals surface area contributed by atoms with Crippen LogP contribution < -0.4 is 4.90 Å². The van der Waals surface area contributed by atoms with E-state index in [4.69, 9.17) is 4.74 Å². The van der Waals surface area contributed by atoms with Crippen LogP contribution in [-0.4, -0.2) is 43.4 Å². The number of carbonyl (C=O) groups excluding carboxylic acids is 4. The van der Waals surface area contributed by atoms with E-state index >= 15 is 0 Å². The fraction of sp³-hybridized carbons (Fsp3) is 0.273. The normalized spacial score (nSPS) is 17.0. The van der Waals surface area contributed by atoms with Gasteiger partial charge in [0.2, 0.25) is 11.7 Å². The highest BCUT2D eigenvalue weighted by molar-refractivity contribution is 6.02. The summed E-state index contributed by atoms with van der Waals surface area (Å²) in [7, 11) is 1.29. The van der Waals surface area contributed by atoms with E-state index in [2.05, 4.69) is 4.74 Å². The zero-order chi connectivity index (χ0) is 21.0. The Hall–Kier alpha value is -3.48. The van der Waals surface area contributed by atoms with Crippen LogP contribution in [-0.2, 0) is 19.1 Å². The predicted octanol–water partition coefficient (Wildman–Crippen LogP) is 2.64. The Labute approximate surface area is 168 Å². The van der Waals surface area contributed by atoms with Gasteiger partial charge in [-0.1, -0.05) is 30.3 Å². The Morgan fingerprint density at radius 1 is 1.00 bits per heavy atom. The third-order valence-corrected chi connectivity index (χ3v) is 4.78. The maximum absolute atomic E-state index is 12.5. The summed E-state index contributed by atoms with van der Waals surface area (Å²) < 4.78 is 9.97. The van der Waals surface area contributed by atoms with Gasteiger partial charge in [-0.25, -0.2) is 4.79 Å². The molecule has 0 aliphatic carbocycles. The van der Waals surface area contributed by atoms with E-state index in [9.17, 15) is 19.2 Å². The molecule has 0 saturated carbocycles. The topological polar surface area (TPSA) is 90.0 Å². The number of hydrogen-bond acceptors (Lipinski definition) is 6. The fourth-order valence-corrected chi connectivity index (χ4v) is 3.17. The number of ketones is 1. The molecular formula is C22H21NO6. The third kappa shape index (κ3) is 4.51. The maximum Gasteiger partial charge on any atom is 0.337 e. The predicted molar refractivity (Wildman–Crippen MR) is 105 cm³/mol.